The molecule has 168 valence electrons. The van der Waals surface area contributed by atoms with E-state index < -0.39 is 0 Å². The van der Waals surface area contributed by atoms with Crippen LogP contribution < -0.4 is 5.32 Å². The number of carbonyl (C=O) groups is 1. The number of carbonyl (C=O) groups excluding carboxylic acids is 1. The molecule has 1 unspecified atom stereocenters. The minimum atomic E-state index is -0.142. The first kappa shape index (κ1) is 23.3. The van der Waals surface area contributed by atoms with Crippen molar-refractivity contribution in [3.63, 3.8) is 0 Å². The Balaban J connectivity index is 1.62. The Labute approximate surface area is 205 Å². The SMILES string of the molecule is CCCC1C=CC(c2cc(SC)ccc2C(=O)Nc2ccc(Cl)c(-c3ccccn3)c2)=CC1. The molecule has 0 saturated carbocycles. The molecule has 0 spiro atoms. The predicted octanol–water partition coefficient (Wildman–Crippen LogP) is 8.14. The van der Waals surface area contributed by atoms with E-state index in [-0.39, 0.29) is 5.91 Å². The number of allylic oxidation sites excluding steroid dienone is 4. The monoisotopic (exact) mass is 474 g/mol. The first-order valence-corrected chi connectivity index (χ1v) is 12.8. The summed E-state index contributed by atoms with van der Waals surface area (Å²) in [6.45, 7) is 2.22. The lowest BCUT2D eigenvalue weighted by Gasteiger charge is -2.18. The van der Waals surface area contributed by atoms with Crippen LogP contribution in [0.3, 0.4) is 0 Å². The lowest BCUT2D eigenvalue weighted by Crippen LogP contribution is -2.14. The maximum atomic E-state index is 13.4. The van der Waals surface area contributed by atoms with E-state index in [1.54, 1.807) is 24.0 Å². The van der Waals surface area contributed by atoms with Crippen molar-refractivity contribution in [2.24, 2.45) is 5.92 Å². The highest BCUT2D eigenvalue weighted by molar-refractivity contribution is 7.98. The van der Waals surface area contributed by atoms with Gasteiger partial charge in [-0.25, -0.2) is 0 Å². The zero-order valence-corrected chi connectivity index (χ0v) is 20.4. The Morgan fingerprint density at radius 3 is 2.73 bits per heavy atom. The van der Waals surface area contributed by atoms with Crippen LogP contribution in [0, 0.1) is 5.92 Å². The third kappa shape index (κ3) is 5.58. The van der Waals surface area contributed by atoms with Crippen molar-refractivity contribution in [2.45, 2.75) is 31.1 Å². The molecule has 1 amide bonds. The van der Waals surface area contributed by atoms with E-state index in [9.17, 15) is 4.79 Å². The van der Waals surface area contributed by atoms with Crippen molar-refractivity contribution < 1.29 is 4.79 Å². The second kappa shape index (κ2) is 10.9. The van der Waals surface area contributed by atoms with Gasteiger partial charge in [0.1, 0.15) is 0 Å². The fourth-order valence-electron chi connectivity index (χ4n) is 4.06. The zero-order chi connectivity index (χ0) is 23.2. The zero-order valence-electron chi connectivity index (χ0n) is 18.8. The summed E-state index contributed by atoms with van der Waals surface area (Å²) in [6.07, 6.45) is 13.9. The quantitative estimate of drug-likeness (QED) is 0.351. The smallest absolute Gasteiger partial charge is 0.256 e. The molecule has 3 nitrogen and oxygen atoms in total. The fourth-order valence-corrected chi connectivity index (χ4v) is 4.71. The molecule has 33 heavy (non-hydrogen) atoms. The van der Waals surface area contributed by atoms with Gasteiger partial charge in [0.15, 0.2) is 0 Å². The van der Waals surface area contributed by atoms with E-state index >= 15 is 0 Å². The second-order valence-electron chi connectivity index (χ2n) is 8.08. The minimum absolute atomic E-state index is 0.142. The maximum absolute atomic E-state index is 13.4. The first-order valence-electron chi connectivity index (χ1n) is 11.2. The molecular weight excluding hydrogens is 448 g/mol. The van der Waals surface area contributed by atoms with Gasteiger partial charge < -0.3 is 5.32 Å². The third-order valence-corrected chi connectivity index (χ3v) is 6.85. The van der Waals surface area contributed by atoms with Crippen molar-refractivity contribution in [2.75, 3.05) is 11.6 Å². The van der Waals surface area contributed by atoms with Gasteiger partial charge in [-0.05, 0) is 84.7 Å². The normalized spacial score (nSPS) is 15.2. The van der Waals surface area contributed by atoms with Gasteiger partial charge in [0.25, 0.3) is 5.91 Å². The van der Waals surface area contributed by atoms with Crippen LogP contribution in [-0.2, 0) is 0 Å². The molecule has 0 bridgehead atoms. The van der Waals surface area contributed by atoms with Crippen LogP contribution in [0.2, 0.25) is 5.02 Å². The summed E-state index contributed by atoms with van der Waals surface area (Å²) in [7, 11) is 0. The van der Waals surface area contributed by atoms with Crippen molar-refractivity contribution in [1.82, 2.24) is 4.98 Å². The summed E-state index contributed by atoms with van der Waals surface area (Å²) >= 11 is 8.09. The maximum Gasteiger partial charge on any atom is 0.256 e. The second-order valence-corrected chi connectivity index (χ2v) is 9.37. The molecule has 4 rings (SSSR count). The van der Waals surface area contributed by atoms with E-state index in [0.29, 0.717) is 22.2 Å². The highest BCUT2D eigenvalue weighted by Crippen LogP contribution is 2.33. The molecule has 1 aromatic heterocycles. The van der Waals surface area contributed by atoms with E-state index in [1.165, 1.54) is 12.8 Å². The van der Waals surface area contributed by atoms with Crippen LogP contribution in [0.1, 0.15) is 42.1 Å². The molecule has 1 heterocycles. The number of benzene rings is 2. The van der Waals surface area contributed by atoms with Gasteiger partial charge >= 0.3 is 0 Å². The van der Waals surface area contributed by atoms with Crippen molar-refractivity contribution >= 4 is 40.5 Å². The Kier molecular flexibility index (Phi) is 7.69. The molecular formula is C28H27ClN2OS. The van der Waals surface area contributed by atoms with Crippen LogP contribution in [0.15, 0.2) is 83.9 Å². The van der Waals surface area contributed by atoms with Crippen LogP contribution in [0.4, 0.5) is 5.69 Å². The van der Waals surface area contributed by atoms with Gasteiger partial charge in [0.05, 0.1) is 10.7 Å². The lowest BCUT2D eigenvalue weighted by atomic mass is 9.88. The number of hydrogen-bond donors (Lipinski definition) is 1. The number of thioether (sulfide) groups is 1. The lowest BCUT2D eigenvalue weighted by molar-refractivity contribution is 0.102. The Bertz CT molecular complexity index is 1200. The highest BCUT2D eigenvalue weighted by atomic mass is 35.5. The van der Waals surface area contributed by atoms with Gasteiger partial charge in [-0.2, -0.15) is 0 Å². The van der Waals surface area contributed by atoms with Gasteiger partial charge in [0.2, 0.25) is 0 Å². The van der Waals surface area contributed by atoms with Crippen LogP contribution in [0.5, 0.6) is 0 Å². The summed E-state index contributed by atoms with van der Waals surface area (Å²) in [5, 5.41) is 3.65. The molecule has 0 fully saturated rings. The number of halogens is 1. The summed E-state index contributed by atoms with van der Waals surface area (Å²) < 4.78 is 0. The number of nitrogens with one attached hydrogen (secondary N) is 1. The Morgan fingerprint density at radius 2 is 2.03 bits per heavy atom. The highest BCUT2D eigenvalue weighted by Gasteiger charge is 2.18. The number of pyridine rings is 1. The number of rotatable bonds is 7. The largest absolute Gasteiger partial charge is 0.322 e. The van der Waals surface area contributed by atoms with Gasteiger partial charge in [-0.3, -0.25) is 9.78 Å². The average molecular weight is 475 g/mol. The van der Waals surface area contributed by atoms with Crippen LogP contribution >= 0.6 is 23.4 Å². The molecule has 1 aliphatic carbocycles. The number of anilines is 1. The van der Waals surface area contributed by atoms with E-state index in [0.717, 1.165) is 33.7 Å². The van der Waals surface area contributed by atoms with Crippen LogP contribution in [-0.4, -0.2) is 17.1 Å². The van der Waals surface area contributed by atoms with E-state index in [2.05, 4.69) is 41.5 Å². The van der Waals surface area contributed by atoms with Crippen LogP contribution in [0.25, 0.3) is 16.8 Å². The molecule has 0 saturated heterocycles. The summed E-state index contributed by atoms with van der Waals surface area (Å²) in [4.78, 5) is 18.9. The Morgan fingerprint density at radius 1 is 1.15 bits per heavy atom. The standard InChI is InChI=1S/C28H27ClN2OS/c1-3-6-19-8-10-20(11-9-19)24-18-22(33-2)13-14-23(24)28(32)31-21-12-15-26(29)25(17-21)27-7-4-5-16-30-27/h4-5,7-8,10-19H,3,6,9H2,1-2H3,(H,31,32). The first-order chi connectivity index (χ1) is 16.1. The molecule has 2 aromatic carbocycles. The number of hydrogen-bond acceptors (Lipinski definition) is 3. The number of amides is 1. The minimum Gasteiger partial charge on any atom is -0.322 e. The fraction of sp³-hybridized carbons (Fsp3) is 0.214. The third-order valence-electron chi connectivity index (χ3n) is 5.80. The van der Waals surface area contributed by atoms with Gasteiger partial charge in [0, 0.05) is 27.9 Å². The Hall–Kier alpha value is -2.82. The molecule has 1 N–H and O–H groups in total. The average Bonchev–Trinajstić information content (AvgIpc) is 2.86. The molecule has 3 aromatic rings. The molecule has 5 heteroatoms. The van der Waals surface area contributed by atoms with Crippen molar-refractivity contribution in [1.29, 1.82) is 0 Å². The summed E-state index contributed by atoms with van der Waals surface area (Å²) in [5.74, 6) is 0.441. The van der Waals surface area contributed by atoms with Gasteiger partial charge in [-0.1, -0.05) is 49.2 Å². The number of aromatic nitrogens is 1. The molecule has 0 radical (unpaired) electrons. The van der Waals surface area contributed by atoms with E-state index in [1.807, 2.05) is 48.7 Å². The topological polar surface area (TPSA) is 42.0 Å². The van der Waals surface area contributed by atoms with Crippen molar-refractivity contribution in [3.05, 3.63) is 95.2 Å². The van der Waals surface area contributed by atoms with E-state index in [4.69, 9.17) is 11.6 Å². The molecule has 0 aliphatic heterocycles. The van der Waals surface area contributed by atoms with Gasteiger partial charge in [-0.15, -0.1) is 11.8 Å². The summed E-state index contributed by atoms with van der Waals surface area (Å²) in [5.41, 5.74) is 4.96. The number of nitrogens with zero attached hydrogens (tertiary/aromatic N) is 1. The molecule has 1 aliphatic rings. The molecule has 1 atom stereocenters. The van der Waals surface area contributed by atoms with Crippen molar-refractivity contribution in [3.8, 4) is 11.3 Å². The predicted molar refractivity (Wildman–Crippen MR) is 141 cm³/mol. The summed E-state index contributed by atoms with van der Waals surface area (Å²) in [6, 6.07) is 17.2.